The fourth-order valence-electron chi connectivity index (χ4n) is 6.01. The molecule has 1 fully saturated rings. The second-order valence-corrected chi connectivity index (χ2v) is 11.0. The van der Waals surface area contributed by atoms with Crippen LogP contribution in [-0.4, -0.2) is 89.1 Å². The van der Waals surface area contributed by atoms with Crippen molar-refractivity contribution in [3.63, 3.8) is 0 Å². The highest BCUT2D eigenvalue weighted by Crippen LogP contribution is 2.47. The Morgan fingerprint density at radius 2 is 0.773 bits per heavy atom. The Hall–Kier alpha value is -4.78. The lowest BCUT2D eigenvalue weighted by molar-refractivity contribution is -0.153. The number of hydrogen-bond acceptors (Lipinski definition) is 14. The molecule has 1 saturated carbocycles. The second-order valence-electron chi connectivity index (χ2n) is 11.0. The quantitative estimate of drug-likeness (QED) is 0.110. The zero-order valence-corrected chi connectivity index (χ0v) is 23.5. The van der Waals surface area contributed by atoms with E-state index in [0.717, 1.165) is 0 Å². The van der Waals surface area contributed by atoms with E-state index in [0.29, 0.717) is 0 Å². The number of nitrogens with one attached hydrogen (secondary N) is 4. The average molecular weight is 629 g/mol. The van der Waals surface area contributed by atoms with Crippen molar-refractivity contribution in [2.45, 2.75) is 93.3 Å². The fourth-order valence-corrected chi connectivity index (χ4v) is 6.01. The molecule has 20 heteroatoms. The molecule has 1 rings (SSSR count). The minimum Gasteiger partial charge on any atom is -0.481 e. The van der Waals surface area contributed by atoms with E-state index in [-0.39, 0.29) is 12.8 Å². The summed E-state index contributed by atoms with van der Waals surface area (Å²) in [7, 11) is 0. The van der Waals surface area contributed by atoms with Gasteiger partial charge in [0, 0.05) is 0 Å². The lowest BCUT2D eigenvalue weighted by Crippen LogP contribution is -2.50. The molecule has 0 aliphatic heterocycles. The van der Waals surface area contributed by atoms with Gasteiger partial charge in [-0.05, 0) is 51.4 Å². The number of rotatable bonds is 16. The lowest BCUT2D eigenvalue weighted by Gasteiger charge is -2.42. The maximum Gasteiger partial charge on any atom is 0.309 e. The summed E-state index contributed by atoms with van der Waals surface area (Å²) in [6.07, 6.45) is -6.88. The summed E-state index contributed by atoms with van der Waals surface area (Å²) in [6, 6.07) is -1.01. The lowest BCUT2D eigenvalue weighted by atomic mass is 9.65. The minimum absolute atomic E-state index is 0.220. The van der Waals surface area contributed by atoms with Crippen LogP contribution >= 0.6 is 0 Å². The third-order valence-electron chi connectivity index (χ3n) is 8.63. The number of carboxylic acids is 6. The molecule has 1 aliphatic rings. The molecular formula is C24H36N8O12. The minimum atomic E-state index is -2.26. The average Bonchev–Trinajstić information content (AvgIpc) is 2.94. The summed E-state index contributed by atoms with van der Waals surface area (Å²) >= 11 is 0. The van der Waals surface area contributed by atoms with Gasteiger partial charge in [-0.2, -0.15) is 20.5 Å². The van der Waals surface area contributed by atoms with Crippen LogP contribution in [0.15, 0.2) is 20.5 Å². The van der Waals surface area contributed by atoms with E-state index in [1.165, 1.54) is 0 Å². The van der Waals surface area contributed by atoms with Crippen LogP contribution in [0, 0.1) is 39.9 Å². The van der Waals surface area contributed by atoms with E-state index >= 15 is 0 Å². The van der Waals surface area contributed by atoms with E-state index < -0.39 is 134 Å². The summed E-state index contributed by atoms with van der Waals surface area (Å²) in [6.45, 7) is 0. The van der Waals surface area contributed by atoms with Crippen molar-refractivity contribution in [2.24, 2.45) is 38.2 Å². The van der Waals surface area contributed by atoms with E-state index in [1.807, 2.05) is 0 Å². The second kappa shape index (κ2) is 15.6. The molecule has 0 heterocycles. The highest BCUT2D eigenvalue weighted by Gasteiger charge is 2.53. The molecule has 5 unspecified atom stereocenters. The van der Waals surface area contributed by atoms with Gasteiger partial charge in [0.1, 0.15) is 0 Å². The van der Waals surface area contributed by atoms with Crippen LogP contribution in [0.5, 0.6) is 0 Å². The first-order chi connectivity index (χ1) is 20.5. The molecule has 0 saturated heterocycles. The molecule has 20 nitrogen and oxygen atoms in total. The predicted octanol–water partition coefficient (Wildman–Crippen LogP) is 3.36. The molecule has 0 spiro atoms. The number of carbonyl (C=O) groups is 6. The van der Waals surface area contributed by atoms with Gasteiger partial charge in [0.15, 0.2) is 0 Å². The van der Waals surface area contributed by atoms with E-state index in [1.54, 1.807) is 0 Å². The maximum absolute atomic E-state index is 12.4. The van der Waals surface area contributed by atoms with Crippen LogP contribution < -0.4 is 0 Å². The molecule has 0 aromatic carbocycles. The normalized spacial score (nSPS) is 28.3. The summed E-state index contributed by atoms with van der Waals surface area (Å²) in [4.78, 5) is 71.8. The maximum atomic E-state index is 12.4. The Bertz CT molecular complexity index is 1120. The molecule has 0 bridgehead atoms. The summed E-state index contributed by atoms with van der Waals surface area (Å²) in [5.74, 6) is -15.5. The zero-order valence-electron chi connectivity index (χ0n) is 23.5. The van der Waals surface area contributed by atoms with Crippen molar-refractivity contribution in [1.82, 2.24) is 0 Å². The van der Waals surface area contributed by atoms with Crippen molar-refractivity contribution in [2.75, 3.05) is 0 Å². The summed E-state index contributed by atoms with van der Waals surface area (Å²) in [5.41, 5.74) is 25.1. The Morgan fingerprint density at radius 3 is 0.955 bits per heavy atom. The molecule has 44 heavy (non-hydrogen) atoms. The van der Waals surface area contributed by atoms with Crippen molar-refractivity contribution in [1.29, 1.82) is 22.1 Å². The molecule has 10 N–H and O–H groups in total. The molecule has 244 valence electrons. The molecule has 5 atom stereocenters. The van der Waals surface area contributed by atoms with Crippen molar-refractivity contribution in [3.8, 4) is 0 Å². The van der Waals surface area contributed by atoms with E-state index in [2.05, 4.69) is 20.5 Å². The van der Waals surface area contributed by atoms with Crippen LogP contribution in [0.3, 0.4) is 0 Å². The van der Waals surface area contributed by atoms with E-state index in [4.69, 9.17) is 22.1 Å². The molecule has 0 aromatic heterocycles. The fraction of sp³-hybridized carbons (Fsp3) is 0.750. The Kier molecular flexibility index (Phi) is 13.2. The topological polar surface area (TPSA) is 369 Å². The van der Waals surface area contributed by atoms with Gasteiger partial charge in [-0.25, -0.2) is 22.1 Å². The van der Waals surface area contributed by atoms with Gasteiger partial charge < -0.3 is 30.6 Å². The van der Waals surface area contributed by atoms with Gasteiger partial charge in [-0.1, -0.05) is 0 Å². The summed E-state index contributed by atoms with van der Waals surface area (Å²) < 4.78 is 0. The van der Waals surface area contributed by atoms with Crippen molar-refractivity contribution >= 4 is 35.8 Å². The van der Waals surface area contributed by atoms with Crippen LogP contribution in [0.25, 0.3) is 0 Å². The van der Waals surface area contributed by atoms with Gasteiger partial charge in [-0.3, -0.25) is 28.8 Å². The van der Waals surface area contributed by atoms with Gasteiger partial charge in [0.2, 0.25) is 0 Å². The van der Waals surface area contributed by atoms with Crippen LogP contribution in [0.1, 0.15) is 70.6 Å². The van der Waals surface area contributed by atoms with Gasteiger partial charge in [0.05, 0.1) is 59.7 Å². The first kappa shape index (κ1) is 37.2. The molecular weight excluding hydrogens is 592 g/mol. The molecule has 1 aliphatic carbocycles. The molecule has 0 radical (unpaired) electrons. The third kappa shape index (κ3) is 8.86. The summed E-state index contributed by atoms with van der Waals surface area (Å²) in [5, 5.41) is 72.1. The molecule has 0 amide bonds. The number of aliphatic carboxylic acids is 6. The zero-order chi connectivity index (χ0) is 33.9. The standard InChI is InChI=1S/C24H36N8O12/c25-29-12-1-3-22(30-26,13(19(39)40)9-16(33)34)5-7-24(32-28,15(21(43)44)11-18(37)38)8-6-23(31-27,4-2-12)14(20(41)42)10-17(35)36/h12-15,25-28H,1-11H2,(H,33,34)(H,35,36)(H,37,38)(H,39,40)(H,41,42)(H,43,44). The highest BCUT2D eigenvalue weighted by molar-refractivity contribution is 5.80. The first-order valence-electron chi connectivity index (χ1n) is 13.3. The first-order valence-corrected chi connectivity index (χ1v) is 13.3. The SMILES string of the molecule is N=NC1CCC(N=N)(C(CC(=O)O)C(=O)O)CCC(N=N)(C(CC(=O)O)C(=O)O)CCC(N=N)(C(CC(=O)O)C(=O)O)CC1. The Morgan fingerprint density at radius 1 is 0.523 bits per heavy atom. The van der Waals surface area contributed by atoms with Crippen molar-refractivity contribution in [3.05, 3.63) is 0 Å². The van der Waals surface area contributed by atoms with Crippen molar-refractivity contribution < 1.29 is 59.4 Å². The smallest absolute Gasteiger partial charge is 0.309 e. The number of hydrogen-bond donors (Lipinski definition) is 10. The number of carboxylic acid groups (broad SMARTS) is 6. The van der Waals surface area contributed by atoms with E-state index in [9.17, 15) is 59.4 Å². The van der Waals surface area contributed by atoms with Gasteiger partial charge in [-0.15, -0.1) is 0 Å². The monoisotopic (exact) mass is 628 g/mol. The largest absolute Gasteiger partial charge is 0.481 e. The number of nitrogens with zero attached hydrogens (tertiary/aromatic N) is 4. The third-order valence-corrected chi connectivity index (χ3v) is 8.63. The van der Waals surface area contributed by atoms with Crippen LogP contribution in [0.4, 0.5) is 0 Å². The predicted molar refractivity (Wildman–Crippen MR) is 140 cm³/mol. The van der Waals surface area contributed by atoms with Crippen LogP contribution in [0.2, 0.25) is 0 Å². The molecule has 0 aromatic rings. The highest BCUT2D eigenvalue weighted by atomic mass is 16.4. The Balaban J connectivity index is 4.03. The van der Waals surface area contributed by atoms with Crippen LogP contribution in [-0.2, 0) is 28.8 Å². The van der Waals surface area contributed by atoms with Gasteiger partial charge >= 0.3 is 35.8 Å². The van der Waals surface area contributed by atoms with Gasteiger partial charge in [0.25, 0.3) is 0 Å². The Labute approximate surface area is 249 Å².